The molecule has 0 unspecified atom stereocenters. The van der Waals surface area contributed by atoms with Gasteiger partial charge in [-0.3, -0.25) is 0 Å². The summed E-state index contributed by atoms with van der Waals surface area (Å²) < 4.78 is 16.1. The number of benzene rings is 2. The van der Waals surface area contributed by atoms with Crippen LogP contribution in [0, 0.1) is 6.92 Å². The van der Waals surface area contributed by atoms with E-state index in [-0.39, 0.29) is 25.6 Å². The molecule has 0 aromatic heterocycles. The van der Waals surface area contributed by atoms with Gasteiger partial charge in [-0.2, -0.15) is 0 Å². The molecule has 0 aliphatic rings. The number of aryl methyl sites for hydroxylation is 1. The molecule has 0 spiro atoms. The predicted molar refractivity (Wildman–Crippen MR) is 105 cm³/mol. The van der Waals surface area contributed by atoms with E-state index in [0.29, 0.717) is 23.3 Å². The van der Waals surface area contributed by atoms with Crippen molar-refractivity contribution >= 4 is 11.9 Å². The summed E-state index contributed by atoms with van der Waals surface area (Å²) in [4.78, 5) is 23.8. The Balaban J connectivity index is 2.09. The molecule has 2 aromatic rings. The molecule has 148 valence electrons. The van der Waals surface area contributed by atoms with Crippen LogP contribution in [0.15, 0.2) is 54.6 Å². The average molecular weight is 384 g/mol. The van der Waals surface area contributed by atoms with Crippen LogP contribution in [0.5, 0.6) is 11.5 Å². The molecule has 0 radical (unpaired) electrons. The van der Waals surface area contributed by atoms with E-state index in [1.165, 1.54) is 0 Å². The molecule has 0 saturated carbocycles. The third kappa shape index (κ3) is 6.25. The van der Waals surface area contributed by atoms with Gasteiger partial charge in [-0.05, 0) is 50.1 Å². The van der Waals surface area contributed by atoms with E-state index in [2.05, 4.69) is 6.58 Å². The van der Waals surface area contributed by atoms with Gasteiger partial charge < -0.3 is 19.3 Å². The summed E-state index contributed by atoms with van der Waals surface area (Å²) in [6.45, 7) is 7.09. The fourth-order valence-corrected chi connectivity index (χ4v) is 2.29. The van der Waals surface area contributed by atoms with Crippen molar-refractivity contribution in [3.63, 3.8) is 0 Å². The van der Waals surface area contributed by atoms with Crippen molar-refractivity contribution in [3.8, 4) is 11.5 Å². The molecular formula is C22H24O6. The standard InChI is InChI=1S/C22H24O6/c1-15(2)21(24)27-13-12-26-20-14-17(10-11-23)6-9-19(20)28-22(25)18-7-4-16(3)5-8-18/h4-9,14,23H,1,10-13H2,2-3H3. The van der Waals surface area contributed by atoms with E-state index in [0.717, 1.165) is 11.1 Å². The third-order valence-corrected chi connectivity index (χ3v) is 3.82. The summed E-state index contributed by atoms with van der Waals surface area (Å²) in [7, 11) is 0. The normalized spacial score (nSPS) is 10.2. The maximum Gasteiger partial charge on any atom is 0.343 e. The van der Waals surface area contributed by atoms with Crippen molar-refractivity contribution in [2.75, 3.05) is 19.8 Å². The number of aliphatic hydroxyl groups excluding tert-OH is 1. The Morgan fingerprint density at radius 1 is 1.04 bits per heavy atom. The zero-order valence-electron chi connectivity index (χ0n) is 16.1. The number of hydrogen-bond donors (Lipinski definition) is 1. The first kappa shape index (κ1) is 21.2. The van der Waals surface area contributed by atoms with Crippen LogP contribution in [0.2, 0.25) is 0 Å². The second-order valence-electron chi connectivity index (χ2n) is 6.27. The zero-order valence-corrected chi connectivity index (χ0v) is 16.1. The Hall–Kier alpha value is -3.12. The van der Waals surface area contributed by atoms with E-state index in [1.807, 2.05) is 19.1 Å². The average Bonchev–Trinajstić information content (AvgIpc) is 2.67. The first-order chi connectivity index (χ1) is 13.4. The Kier molecular flexibility index (Phi) is 7.77. The van der Waals surface area contributed by atoms with Crippen molar-refractivity contribution in [2.45, 2.75) is 20.3 Å². The maximum atomic E-state index is 12.4. The second kappa shape index (κ2) is 10.3. The first-order valence-electron chi connectivity index (χ1n) is 8.88. The topological polar surface area (TPSA) is 82.1 Å². The molecule has 2 rings (SSSR count). The first-order valence-corrected chi connectivity index (χ1v) is 8.88. The lowest BCUT2D eigenvalue weighted by atomic mass is 10.1. The molecule has 28 heavy (non-hydrogen) atoms. The molecule has 0 fully saturated rings. The minimum Gasteiger partial charge on any atom is -0.486 e. The SMILES string of the molecule is C=C(C)C(=O)OCCOc1cc(CCO)ccc1OC(=O)c1ccc(C)cc1. The van der Waals surface area contributed by atoms with Gasteiger partial charge in [-0.15, -0.1) is 0 Å². The van der Waals surface area contributed by atoms with Gasteiger partial charge in [0.05, 0.1) is 5.56 Å². The van der Waals surface area contributed by atoms with E-state index < -0.39 is 11.9 Å². The second-order valence-corrected chi connectivity index (χ2v) is 6.27. The molecular weight excluding hydrogens is 360 g/mol. The van der Waals surface area contributed by atoms with Crippen LogP contribution in [0.25, 0.3) is 0 Å². The Morgan fingerprint density at radius 3 is 2.39 bits per heavy atom. The molecule has 6 heteroatoms. The predicted octanol–water partition coefficient (Wildman–Crippen LogP) is 3.25. The molecule has 0 heterocycles. The van der Waals surface area contributed by atoms with E-state index in [9.17, 15) is 9.59 Å². The van der Waals surface area contributed by atoms with Gasteiger partial charge in [0.25, 0.3) is 0 Å². The Bertz CT molecular complexity index is 839. The molecule has 0 amide bonds. The fraction of sp³-hybridized carbons (Fsp3) is 0.273. The summed E-state index contributed by atoms with van der Waals surface area (Å²) in [5.74, 6) is -0.423. The molecule has 2 aromatic carbocycles. The largest absolute Gasteiger partial charge is 0.486 e. The van der Waals surface area contributed by atoms with Gasteiger partial charge in [0.2, 0.25) is 0 Å². The van der Waals surface area contributed by atoms with Crippen LogP contribution >= 0.6 is 0 Å². The third-order valence-electron chi connectivity index (χ3n) is 3.82. The molecule has 0 aliphatic carbocycles. The smallest absolute Gasteiger partial charge is 0.343 e. The zero-order chi connectivity index (χ0) is 20.5. The minimum absolute atomic E-state index is 0.0157. The maximum absolute atomic E-state index is 12.4. The number of rotatable bonds is 9. The molecule has 0 atom stereocenters. The summed E-state index contributed by atoms with van der Waals surface area (Å²) in [6.07, 6.45) is 0.438. The van der Waals surface area contributed by atoms with Crippen molar-refractivity contribution in [1.29, 1.82) is 0 Å². The van der Waals surface area contributed by atoms with Crippen molar-refractivity contribution in [3.05, 3.63) is 71.3 Å². The van der Waals surface area contributed by atoms with Gasteiger partial charge in [0.15, 0.2) is 11.5 Å². The van der Waals surface area contributed by atoms with Crippen molar-refractivity contribution in [1.82, 2.24) is 0 Å². The van der Waals surface area contributed by atoms with Gasteiger partial charge in [0, 0.05) is 12.2 Å². The number of ether oxygens (including phenoxy) is 3. The number of hydrogen-bond acceptors (Lipinski definition) is 6. The summed E-state index contributed by atoms with van der Waals surface area (Å²) in [5.41, 5.74) is 2.59. The monoisotopic (exact) mass is 384 g/mol. The van der Waals surface area contributed by atoms with Crippen molar-refractivity contribution < 1.29 is 28.9 Å². The van der Waals surface area contributed by atoms with E-state index in [4.69, 9.17) is 19.3 Å². The van der Waals surface area contributed by atoms with Crippen LogP contribution in [-0.4, -0.2) is 36.9 Å². The van der Waals surface area contributed by atoms with E-state index in [1.54, 1.807) is 37.3 Å². The van der Waals surface area contributed by atoms with Gasteiger partial charge in [-0.1, -0.05) is 30.3 Å². The lowest BCUT2D eigenvalue weighted by molar-refractivity contribution is -0.139. The van der Waals surface area contributed by atoms with Crippen LogP contribution in [0.4, 0.5) is 0 Å². The van der Waals surface area contributed by atoms with Gasteiger partial charge in [-0.25, -0.2) is 9.59 Å². The molecule has 1 N–H and O–H groups in total. The lowest BCUT2D eigenvalue weighted by Crippen LogP contribution is -2.14. The van der Waals surface area contributed by atoms with Crippen LogP contribution < -0.4 is 9.47 Å². The fourth-order valence-electron chi connectivity index (χ4n) is 2.29. The number of carbonyl (C=O) groups excluding carboxylic acids is 2. The molecule has 6 nitrogen and oxygen atoms in total. The van der Waals surface area contributed by atoms with Crippen LogP contribution in [0.3, 0.4) is 0 Å². The van der Waals surface area contributed by atoms with Crippen LogP contribution in [-0.2, 0) is 16.0 Å². The number of esters is 2. The lowest BCUT2D eigenvalue weighted by Gasteiger charge is -2.13. The summed E-state index contributed by atoms with van der Waals surface area (Å²) in [6, 6.07) is 12.1. The van der Waals surface area contributed by atoms with Gasteiger partial charge >= 0.3 is 11.9 Å². The highest BCUT2D eigenvalue weighted by atomic mass is 16.6. The summed E-state index contributed by atoms with van der Waals surface area (Å²) in [5, 5.41) is 9.13. The Morgan fingerprint density at radius 2 is 1.75 bits per heavy atom. The number of aliphatic hydroxyl groups is 1. The van der Waals surface area contributed by atoms with Crippen LogP contribution in [0.1, 0.15) is 28.4 Å². The molecule has 0 bridgehead atoms. The highest BCUT2D eigenvalue weighted by molar-refractivity contribution is 5.91. The Labute approximate surface area is 164 Å². The number of carbonyl (C=O) groups is 2. The highest BCUT2D eigenvalue weighted by Gasteiger charge is 2.14. The highest BCUT2D eigenvalue weighted by Crippen LogP contribution is 2.29. The minimum atomic E-state index is -0.506. The van der Waals surface area contributed by atoms with E-state index >= 15 is 0 Å². The quantitative estimate of drug-likeness (QED) is 0.309. The van der Waals surface area contributed by atoms with Crippen molar-refractivity contribution in [2.24, 2.45) is 0 Å². The molecule has 0 saturated heterocycles. The summed E-state index contributed by atoms with van der Waals surface area (Å²) >= 11 is 0. The molecule has 0 aliphatic heterocycles. The van der Waals surface area contributed by atoms with Gasteiger partial charge in [0.1, 0.15) is 13.2 Å².